The monoisotopic (exact) mass is 676 g/mol. The maximum atomic E-state index is 15.8. The summed E-state index contributed by atoms with van der Waals surface area (Å²) in [4.78, 5) is 39.4. The number of ether oxygens (including phenoxy) is 2. The number of H-pyrrole nitrogens is 1. The lowest BCUT2D eigenvalue weighted by molar-refractivity contribution is 0.0994. The number of halogens is 3. The van der Waals surface area contributed by atoms with Crippen molar-refractivity contribution in [3.63, 3.8) is 0 Å². The van der Waals surface area contributed by atoms with Crippen molar-refractivity contribution >= 4 is 40.4 Å². The zero-order chi connectivity index (χ0) is 34.3. The summed E-state index contributed by atoms with van der Waals surface area (Å²) in [6.07, 6.45) is 2.80. The smallest absolute Gasteiger partial charge is 0.272 e. The molecule has 0 saturated carbocycles. The molecule has 0 fully saturated rings. The van der Waals surface area contributed by atoms with Crippen molar-refractivity contribution < 1.29 is 23.0 Å². The molecular weight excluding hydrogens is 650 g/mol. The molecule has 0 atom stereocenters. The van der Waals surface area contributed by atoms with Crippen LogP contribution in [0.1, 0.15) is 28.4 Å². The Morgan fingerprint density at radius 3 is 2.12 bits per heavy atom. The molecule has 2 aromatic heterocycles. The number of hydrogen-bond donors (Lipinski definition) is 1. The molecular formula is C38H27ClF2N4O4. The fourth-order valence-electron chi connectivity index (χ4n) is 5.02. The minimum atomic E-state index is -0.850. The number of rotatable bonds is 10. The second kappa shape index (κ2) is 14.7. The van der Waals surface area contributed by atoms with Gasteiger partial charge in [-0.15, -0.1) is 0 Å². The summed E-state index contributed by atoms with van der Waals surface area (Å²) in [7, 11) is 0. The number of aromatic nitrogens is 2. The molecule has 6 rings (SSSR count). The average molecular weight is 677 g/mol. The van der Waals surface area contributed by atoms with Crippen LogP contribution in [0, 0.1) is 11.6 Å². The van der Waals surface area contributed by atoms with Crippen molar-refractivity contribution in [2.24, 2.45) is 4.99 Å². The van der Waals surface area contributed by atoms with Crippen molar-refractivity contribution in [2.75, 3.05) is 11.5 Å². The van der Waals surface area contributed by atoms with Crippen LogP contribution in [-0.4, -0.2) is 28.2 Å². The first-order chi connectivity index (χ1) is 23.8. The SMILES string of the molecule is CCOc1cc[nH]c(=O)c1C(=O)N(c1ccc(F)cc1)c1ccc(Oc2ccnc(N=C(c3ccccc3)c3ccccc3)c2Cl)c(F)c1. The lowest BCUT2D eigenvalue weighted by atomic mass is 10.0. The molecule has 4 aromatic carbocycles. The highest BCUT2D eigenvalue weighted by Gasteiger charge is 2.27. The van der Waals surface area contributed by atoms with Crippen LogP contribution in [0.25, 0.3) is 0 Å². The van der Waals surface area contributed by atoms with Gasteiger partial charge in [0.25, 0.3) is 11.5 Å². The number of hydrogen-bond acceptors (Lipinski definition) is 6. The van der Waals surface area contributed by atoms with Gasteiger partial charge in [0.05, 0.1) is 18.0 Å². The van der Waals surface area contributed by atoms with Gasteiger partial charge in [0.1, 0.15) is 22.2 Å². The Morgan fingerprint density at radius 1 is 0.837 bits per heavy atom. The number of nitrogens with zero attached hydrogens (tertiary/aromatic N) is 3. The number of aromatic amines is 1. The molecule has 0 spiro atoms. The van der Waals surface area contributed by atoms with Gasteiger partial charge >= 0.3 is 0 Å². The lowest BCUT2D eigenvalue weighted by Gasteiger charge is -2.24. The first-order valence-corrected chi connectivity index (χ1v) is 15.5. The van der Waals surface area contributed by atoms with Gasteiger partial charge in [0.15, 0.2) is 23.1 Å². The van der Waals surface area contributed by atoms with Crippen LogP contribution in [0.4, 0.5) is 26.0 Å². The van der Waals surface area contributed by atoms with Crippen molar-refractivity contribution in [3.05, 3.63) is 171 Å². The highest BCUT2D eigenvalue weighted by Crippen LogP contribution is 2.38. The number of aliphatic imine (C=N–C) groups is 1. The largest absolute Gasteiger partial charge is 0.493 e. The molecule has 1 N–H and O–H groups in total. The summed E-state index contributed by atoms with van der Waals surface area (Å²) >= 11 is 6.72. The van der Waals surface area contributed by atoms with Crippen molar-refractivity contribution in [1.29, 1.82) is 0 Å². The van der Waals surface area contributed by atoms with Crippen LogP contribution in [0.5, 0.6) is 17.2 Å². The number of carbonyl (C=O) groups is 1. The molecule has 8 nitrogen and oxygen atoms in total. The Labute approximate surface area is 284 Å². The van der Waals surface area contributed by atoms with Gasteiger partial charge in [-0.3, -0.25) is 14.5 Å². The molecule has 1 amide bonds. The third kappa shape index (κ3) is 7.24. The number of carbonyl (C=O) groups excluding carboxylic acids is 1. The number of benzene rings is 4. The van der Waals surface area contributed by atoms with E-state index in [0.717, 1.165) is 34.2 Å². The predicted octanol–water partition coefficient (Wildman–Crippen LogP) is 9.04. The van der Waals surface area contributed by atoms with E-state index in [1.54, 1.807) is 6.92 Å². The molecule has 0 aliphatic heterocycles. The second-order valence-corrected chi connectivity index (χ2v) is 10.8. The fraction of sp³-hybridized carbons (Fsp3) is 0.0526. The Hall–Kier alpha value is -6.13. The molecule has 0 aliphatic rings. The highest BCUT2D eigenvalue weighted by molar-refractivity contribution is 6.34. The standard InChI is InChI=1S/C38H27ClF2N4O4/c1-2-48-31-19-22-43-37(46)33(31)38(47)45(27-15-13-26(40)14-16-27)28-17-18-30(29(41)23-28)49-32-20-21-42-36(34(32)39)44-35(24-9-5-3-6-10-24)25-11-7-4-8-12-25/h3-23H,2H2,1H3,(H,43,46). The summed E-state index contributed by atoms with van der Waals surface area (Å²) < 4.78 is 41.1. The zero-order valence-corrected chi connectivity index (χ0v) is 26.7. The Balaban J connectivity index is 1.36. The molecule has 0 radical (unpaired) electrons. The van der Waals surface area contributed by atoms with Gasteiger partial charge in [0, 0.05) is 41.3 Å². The van der Waals surface area contributed by atoms with E-state index < -0.39 is 23.1 Å². The van der Waals surface area contributed by atoms with E-state index in [1.165, 1.54) is 48.8 Å². The summed E-state index contributed by atoms with van der Waals surface area (Å²) in [6, 6.07) is 30.8. The van der Waals surface area contributed by atoms with Gasteiger partial charge < -0.3 is 14.5 Å². The number of amides is 1. The lowest BCUT2D eigenvalue weighted by Crippen LogP contribution is -2.32. The summed E-state index contributed by atoms with van der Waals surface area (Å²) in [5.41, 5.74) is 1.49. The molecule has 244 valence electrons. The van der Waals surface area contributed by atoms with Gasteiger partial charge in [-0.2, -0.15) is 0 Å². The first-order valence-electron chi connectivity index (χ1n) is 15.1. The third-order valence-electron chi connectivity index (χ3n) is 7.27. The van der Waals surface area contributed by atoms with Gasteiger partial charge in [-0.1, -0.05) is 72.3 Å². The molecule has 6 aromatic rings. The van der Waals surface area contributed by atoms with Crippen LogP contribution < -0.4 is 19.9 Å². The number of nitrogens with one attached hydrogen (secondary N) is 1. The van der Waals surface area contributed by atoms with E-state index in [1.807, 2.05) is 60.7 Å². The zero-order valence-electron chi connectivity index (χ0n) is 25.9. The molecule has 49 heavy (non-hydrogen) atoms. The Bertz CT molecular complexity index is 2150. The normalized spacial score (nSPS) is 10.7. The maximum absolute atomic E-state index is 15.8. The quantitative estimate of drug-likeness (QED) is 0.146. The van der Waals surface area contributed by atoms with Gasteiger partial charge in [-0.05, 0) is 49.4 Å². The molecule has 2 heterocycles. The van der Waals surface area contributed by atoms with Gasteiger partial charge in [0.2, 0.25) is 0 Å². The van der Waals surface area contributed by atoms with Gasteiger partial charge in [-0.25, -0.2) is 18.8 Å². The predicted molar refractivity (Wildman–Crippen MR) is 185 cm³/mol. The summed E-state index contributed by atoms with van der Waals surface area (Å²) in [5.74, 6) is -2.14. The summed E-state index contributed by atoms with van der Waals surface area (Å²) in [5, 5.41) is 0.0465. The van der Waals surface area contributed by atoms with Crippen LogP contribution >= 0.6 is 11.6 Å². The van der Waals surface area contributed by atoms with E-state index in [0.29, 0.717) is 5.71 Å². The van der Waals surface area contributed by atoms with Crippen molar-refractivity contribution in [2.45, 2.75) is 6.92 Å². The number of anilines is 2. The molecule has 0 bridgehead atoms. The third-order valence-corrected chi connectivity index (χ3v) is 7.62. The van der Waals surface area contributed by atoms with E-state index in [9.17, 15) is 14.0 Å². The Morgan fingerprint density at radius 2 is 1.49 bits per heavy atom. The fourth-order valence-corrected chi connectivity index (χ4v) is 5.21. The summed E-state index contributed by atoms with van der Waals surface area (Å²) in [6.45, 7) is 1.89. The topological polar surface area (TPSA) is 96.9 Å². The van der Waals surface area contributed by atoms with Crippen LogP contribution in [0.2, 0.25) is 5.02 Å². The first kappa shape index (κ1) is 32.8. The van der Waals surface area contributed by atoms with Crippen molar-refractivity contribution in [3.8, 4) is 17.2 Å². The highest BCUT2D eigenvalue weighted by atomic mass is 35.5. The minimum Gasteiger partial charge on any atom is -0.493 e. The molecule has 0 saturated heterocycles. The number of pyridine rings is 2. The van der Waals surface area contributed by atoms with E-state index in [4.69, 9.17) is 26.1 Å². The van der Waals surface area contributed by atoms with Crippen molar-refractivity contribution in [1.82, 2.24) is 9.97 Å². The van der Waals surface area contributed by atoms with Crippen LogP contribution in [-0.2, 0) is 0 Å². The molecule has 11 heteroatoms. The van der Waals surface area contributed by atoms with E-state index in [2.05, 4.69) is 9.97 Å². The van der Waals surface area contributed by atoms with E-state index in [-0.39, 0.29) is 51.6 Å². The molecule has 0 unspecified atom stereocenters. The second-order valence-electron chi connectivity index (χ2n) is 10.5. The maximum Gasteiger partial charge on any atom is 0.272 e. The van der Waals surface area contributed by atoms with Crippen LogP contribution in [0.3, 0.4) is 0 Å². The molecule has 0 aliphatic carbocycles. The van der Waals surface area contributed by atoms with E-state index >= 15 is 4.39 Å². The Kier molecular flexibility index (Phi) is 9.87. The minimum absolute atomic E-state index is 0.0358. The average Bonchev–Trinajstić information content (AvgIpc) is 3.11. The van der Waals surface area contributed by atoms with Crippen LogP contribution in [0.15, 0.2) is 137 Å².